The Morgan fingerprint density at radius 1 is 0.920 bits per heavy atom. The molecule has 50 heavy (non-hydrogen) atoms. The van der Waals surface area contributed by atoms with Gasteiger partial charge in [0.1, 0.15) is 5.75 Å². The summed E-state index contributed by atoms with van der Waals surface area (Å²) in [5.74, 6) is 1.67. The molecule has 0 unspecified atom stereocenters. The summed E-state index contributed by atoms with van der Waals surface area (Å²) in [6, 6.07) is 27.4. The van der Waals surface area contributed by atoms with Gasteiger partial charge in [0.05, 0.1) is 19.7 Å². The van der Waals surface area contributed by atoms with Gasteiger partial charge in [-0.05, 0) is 75.3 Å². The van der Waals surface area contributed by atoms with E-state index >= 15 is 0 Å². The summed E-state index contributed by atoms with van der Waals surface area (Å²) in [7, 11) is 0. The lowest BCUT2D eigenvalue weighted by atomic mass is 9.79. The maximum Gasteiger partial charge on any atom is 0.252 e. The van der Waals surface area contributed by atoms with Crippen molar-refractivity contribution >= 4 is 11.8 Å². The van der Waals surface area contributed by atoms with Crippen molar-refractivity contribution in [1.29, 1.82) is 0 Å². The molecular weight excluding hydrogens is 640 g/mol. The van der Waals surface area contributed by atoms with Crippen LogP contribution in [0.5, 0.6) is 17.2 Å². The normalized spacial score (nSPS) is 17.1. The van der Waals surface area contributed by atoms with Gasteiger partial charge in [0.2, 0.25) is 12.7 Å². The number of nitrogens with zero attached hydrogens (tertiary/aromatic N) is 7. The molecule has 2 aliphatic rings. The Hall–Kier alpha value is -6.20. The van der Waals surface area contributed by atoms with Crippen molar-refractivity contribution in [2.45, 2.75) is 44.1 Å². The Labute approximate surface area is 287 Å². The first-order valence-electron chi connectivity index (χ1n) is 16.0. The fourth-order valence-electron chi connectivity index (χ4n) is 5.97. The van der Waals surface area contributed by atoms with Crippen LogP contribution in [0.2, 0.25) is 0 Å². The summed E-state index contributed by atoms with van der Waals surface area (Å²) in [5, 5.41) is 19.8. The highest BCUT2D eigenvalue weighted by atomic mass is 16.7. The highest BCUT2D eigenvalue weighted by Crippen LogP contribution is 2.44. The van der Waals surface area contributed by atoms with Gasteiger partial charge in [-0.3, -0.25) is 4.79 Å². The molecule has 0 bridgehead atoms. The van der Waals surface area contributed by atoms with E-state index in [2.05, 4.69) is 25.4 Å². The van der Waals surface area contributed by atoms with E-state index in [1.807, 2.05) is 60.7 Å². The van der Waals surface area contributed by atoms with Crippen LogP contribution in [-0.4, -0.2) is 42.5 Å². The van der Waals surface area contributed by atoms with E-state index in [1.54, 1.807) is 30.3 Å². The van der Waals surface area contributed by atoms with E-state index in [4.69, 9.17) is 40.1 Å². The lowest BCUT2D eigenvalue weighted by Gasteiger charge is -2.32. The molecule has 2 N–H and O–H groups in total. The summed E-state index contributed by atoms with van der Waals surface area (Å²) < 4.78 is 23.4. The highest BCUT2D eigenvalue weighted by molar-refractivity contribution is 6.01. The molecule has 2 aliphatic heterocycles. The van der Waals surface area contributed by atoms with Crippen LogP contribution in [0.3, 0.4) is 0 Å². The SMILES string of the molecule is [N-]=[N+]=NCc1ccccc1C[C@@]1(C(=O)NCc2ccc3c(c2)OCO3)N=C(c2ccc(OCCCO)cc2)O[C@@H]1c1ccccc1CN=[N+]=[N-]. The molecule has 254 valence electrons. The molecule has 14 nitrogen and oxygen atoms in total. The molecular formula is C36H34N8O6. The molecule has 14 heteroatoms. The van der Waals surface area contributed by atoms with Crippen molar-refractivity contribution in [2.24, 2.45) is 15.2 Å². The van der Waals surface area contributed by atoms with E-state index in [0.717, 1.165) is 16.7 Å². The number of fused-ring (bicyclic) bond motifs is 1. The van der Waals surface area contributed by atoms with Crippen molar-refractivity contribution in [3.8, 4) is 17.2 Å². The number of rotatable bonds is 15. The van der Waals surface area contributed by atoms with Crippen LogP contribution in [0.25, 0.3) is 20.9 Å². The van der Waals surface area contributed by atoms with Gasteiger partial charge < -0.3 is 29.4 Å². The number of benzene rings is 4. The summed E-state index contributed by atoms with van der Waals surface area (Å²) in [4.78, 5) is 25.8. The van der Waals surface area contributed by atoms with Crippen molar-refractivity contribution in [3.05, 3.63) is 145 Å². The van der Waals surface area contributed by atoms with E-state index in [0.29, 0.717) is 47.0 Å². The van der Waals surface area contributed by atoms with Gasteiger partial charge in [0.15, 0.2) is 23.1 Å². The van der Waals surface area contributed by atoms with Gasteiger partial charge in [-0.15, -0.1) is 0 Å². The Bertz CT molecular complexity index is 1970. The second-order valence-electron chi connectivity index (χ2n) is 11.6. The monoisotopic (exact) mass is 674 g/mol. The Kier molecular flexibility index (Phi) is 10.6. The maximum absolute atomic E-state index is 14.8. The number of nitrogens with one attached hydrogen (secondary N) is 1. The van der Waals surface area contributed by atoms with Gasteiger partial charge in [0, 0.05) is 41.4 Å². The zero-order chi connectivity index (χ0) is 34.8. The van der Waals surface area contributed by atoms with Crippen molar-refractivity contribution in [1.82, 2.24) is 5.32 Å². The number of hydrogen-bond acceptors (Lipinski definition) is 9. The fourth-order valence-corrected chi connectivity index (χ4v) is 5.97. The molecule has 2 heterocycles. The van der Waals surface area contributed by atoms with Gasteiger partial charge in [-0.25, -0.2) is 4.99 Å². The number of carbonyl (C=O) groups is 1. The fraction of sp³-hybridized carbons (Fsp3) is 0.278. The second kappa shape index (κ2) is 15.8. The number of aliphatic imine (C=N–C) groups is 1. The predicted octanol–water partition coefficient (Wildman–Crippen LogP) is 6.61. The van der Waals surface area contributed by atoms with Crippen molar-refractivity contribution < 1.29 is 28.8 Å². The minimum Gasteiger partial charge on any atom is -0.494 e. The first kappa shape index (κ1) is 33.7. The van der Waals surface area contributed by atoms with Crippen LogP contribution >= 0.6 is 0 Å². The molecule has 0 saturated carbocycles. The third-order valence-electron chi connectivity index (χ3n) is 8.44. The summed E-state index contributed by atoms with van der Waals surface area (Å²) in [5.41, 5.74) is 20.9. The first-order chi connectivity index (χ1) is 24.5. The summed E-state index contributed by atoms with van der Waals surface area (Å²) >= 11 is 0. The van der Waals surface area contributed by atoms with Crippen molar-refractivity contribution in [3.63, 3.8) is 0 Å². The Balaban J connectivity index is 1.45. The third-order valence-corrected chi connectivity index (χ3v) is 8.44. The number of amides is 1. The van der Waals surface area contributed by atoms with Gasteiger partial charge in [0.25, 0.3) is 5.91 Å². The number of aliphatic hydroxyl groups is 1. The number of hydrogen-bond donors (Lipinski definition) is 2. The molecule has 4 aromatic carbocycles. The summed E-state index contributed by atoms with van der Waals surface area (Å²) in [6.07, 6.45) is -0.365. The first-order valence-corrected chi connectivity index (χ1v) is 16.0. The molecule has 0 fully saturated rings. The molecule has 0 aromatic heterocycles. The van der Waals surface area contributed by atoms with Crippen molar-refractivity contribution in [2.75, 3.05) is 20.0 Å². The summed E-state index contributed by atoms with van der Waals surface area (Å²) in [6.45, 7) is 0.786. The molecule has 0 aliphatic carbocycles. The lowest BCUT2D eigenvalue weighted by molar-refractivity contribution is -0.129. The lowest BCUT2D eigenvalue weighted by Crippen LogP contribution is -2.50. The average Bonchev–Trinajstić information content (AvgIpc) is 3.78. The highest BCUT2D eigenvalue weighted by Gasteiger charge is 2.54. The Morgan fingerprint density at radius 3 is 2.38 bits per heavy atom. The Morgan fingerprint density at radius 2 is 1.62 bits per heavy atom. The van der Waals surface area contributed by atoms with E-state index < -0.39 is 17.6 Å². The molecule has 6 rings (SSSR count). The standard InChI is InChI=1S/C36H34N8O6/c37-43-40-21-27-7-2-1-6-26(27)19-36(35(46)39-20-24-10-15-31-32(18-24)49-23-48-31)33(30-9-4-3-8-28(30)22-41-44-38)50-34(42-36)25-11-13-29(14-12-25)47-17-5-16-45/h1-4,6-15,18,33,45H,5,16-17,19-23H2,(H,39,46)/t33-,36-/m1/s1. The zero-order valence-corrected chi connectivity index (χ0v) is 27.0. The number of ether oxygens (including phenoxy) is 4. The number of aliphatic hydroxyl groups excluding tert-OH is 1. The second-order valence-corrected chi connectivity index (χ2v) is 11.6. The molecule has 1 amide bonds. The minimum absolute atomic E-state index is 0.0239. The van der Waals surface area contributed by atoms with Crippen LogP contribution in [0.4, 0.5) is 0 Å². The predicted molar refractivity (Wildman–Crippen MR) is 183 cm³/mol. The zero-order valence-electron chi connectivity index (χ0n) is 27.0. The average molecular weight is 675 g/mol. The maximum atomic E-state index is 14.8. The molecule has 0 saturated heterocycles. The van der Waals surface area contributed by atoms with E-state index in [9.17, 15) is 4.79 Å². The molecule has 2 atom stereocenters. The van der Waals surface area contributed by atoms with E-state index in [-0.39, 0.29) is 45.4 Å². The van der Waals surface area contributed by atoms with Crippen LogP contribution in [0.1, 0.15) is 45.9 Å². The van der Waals surface area contributed by atoms with Gasteiger partial charge >= 0.3 is 0 Å². The van der Waals surface area contributed by atoms with Gasteiger partial charge in [-0.1, -0.05) is 64.8 Å². The van der Waals surface area contributed by atoms with Crippen LogP contribution in [0.15, 0.2) is 106 Å². The smallest absolute Gasteiger partial charge is 0.252 e. The molecule has 0 radical (unpaired) electrons. The molecule has 4 aromatic rings. The minimum atomic E-state index is -1.57. The van der Waals surface area contributed by atoms with Gasteiger partial charge in [-0.2, -0.15) is 0 Å². The van der Waals surface area contributed by atoms with Crippen LogP contribution < -0.4 is 19.5 Å². The van der Waals surface area contributed by atoms with Crippen LogP contribution in [0, 0.1) is 0 Å². The van der Waals surface area contributed by atoms with Crippen LogP contribution in [-0.2, 0) is 35.6 Å². The van der Waals surface area contributed by atoms with E-state index in [1.165, 1.54) is 0 Å². The number of azide groups is 2. The quantitative estimate of drug-likeness (QED) is 0.0615. The number of carbonyl (C=O) groups excluding carboxylic acids is 1. The third kappa shape index (κ3) is 7.43. The largest absolute Gasteiger partial charge is 0.494 e. The topological polar surface area (TPSA) is 196 Å². The molecule has 0 spiro atoms.